The van der Waals surface area contributed by atoms with Gasteiger partial charge in [-0.2, -0.15) is 0 Å². The summed E-state index contributed by atoms with van der Waals surface area (Å²) in [6.45, 7) is 6.80. The van der Waals surface area contributed by atoms with Crippen LogP contribution in [0.3, 0.4) is 0 Å². The molecule has 4 fully saturated rings. The van der Waals surface area contributed by atoms with Gasteiger partial charge >= 0.3 is 5.69 Å². The summed E-state index contributed by atoms with van der Waals surface area (Å²) in [5, 5.41) is 2.36. The Kier molecular flexibility index (Phi) is 9.82. The number of carbonyl (C=O) groups excluding carboxylic acids is 2. The van der Waals surface area contributed by atoms with Crippen molar-refractivity contribution in [3.8, 4) is 22.6 Å². The van der Waals surface area contributed by atoms with Crippen molar-refractivity contribution < 1.29 is 27.8 Å². The zero-order chi connectivity index (χ0) is 40.6. The number of nitrogens with zero attached hydrogens (tertiary/aromatic N) is 6. The average Bonchev–Trinajstić information content (AvgIpc) is 3.43. The van der Waals surface area contributed by atoms with Gasteiger partial charge in [-0.1, -0.05) is 6.07 Å². The normalized spacial score (nSPS) is 22.5. The lowest BCUT2D eigenvalue weighted by Crippen LogP contribution is -2.64. The van der Waals surface area contributed by atoms with Gasteiger partial charge in [0, 0.05) is 69.4 Å². The molecule has 0 bridgehead atoms. The highest BCUT2D eigenvalue weighted by molar-refractivity contribution is 6.00. The van der Waals surface area contributed by atoms with E-state index in [1.165, 1.54) is 4.57 Å². The number of para-hydroxylation sites is 1. The number of pyridine rings is 1. The van der Waals surface area contributed by atoms with Crippen molar-refractivity contribution >= 4 is 28.5 Å². The molecule has 2 amide bonds. The number of benzene rings is 2. The minimum Gasteiger partial charge on any atom is -0.496 e. The molecule has 4 saturated heterocycles. The number of anilines is 1. The number of fused-ring (bicyclic) bond motifs is 1. The molecule has 4 aliphatic rings. The average molecular weight is 788 g/mol. The largest absolute Gasteiger partial charge is 0.496 e. The minimum atomic E-state index is -2.92. The highest BCUT2D eigenvalue weighted by Crippen LogP contribution is 2.46. The van der Waals surface area contributed by atoms with Gasteiger partial charge < -0.3 is 18.9 Å². The molecule has 2 aromatic carbocycles. The molecule has 6 heterocycles. The van der Waals surface area contributed by atoms with E-state index in [1.54, 1.807) is 55.5 Å². The third kappa shape index (κ3) is 6.61. The molecular formula is C42H51F2N7O6. The van der Waals surface area contributed by atoms with Crippen LogP contribution in [-0.4, -0.2) is 101 Å². The van der Waals surface area contributed by atoms with E-state index in [9.17, 15) is 19.2 Å². The molecule has 13 nitrogen and oxygen atoms in total. The number of carbonyl (C=O) groups is 2. The van der Waals surface area contributed by atoms with Crippen LogP contribution in [0.2, 0.25) is 0 Å². The number of halogens is 2. The van der Waals surface area contributed by atoms with E-state index in [0.29, 0.717) is 54.2 Å². The number of hydrogen-bond donors (Lipinski definition) is 1. The summed E-state index contributed by atoms with van der Waals surface area (Å²) >= 11 is 0. The first kappa shape index (κ1) is 38.8. The number of methoxy groups -OCH3 is 2. The summed E-state index contributed by atoms with van der Waals surface area (Å²) < 4.78 is 48.5. The molecule has 4 aromatic rings. The standard InChI is InChI=1S/C42H51F2N7O6/c1-25-26(2)39(54)46(3)20-28(25)27-18-33(56-5)29(34(19-27)57-6)21-48-15-12-35(42(43,44)24-48)49-16-13-41(14-17-49)22-50(23-41)30-8-7-9-31-37(30)47(4)40(55)51(31)32-10-11-36(52)45-38(32)53/h7-9,18-20,32,35H,10-17,21-24H2,1-6H3,(H,45,52,53). The van der Waals surface area contributed by atoms with Gasteiger partial charge in [0.15, 0.2) is 0 Å². The van der Waals surface area contributed by atoms with Crippen molar-refractivity contribution in [3.63, 3.8) is 0 Å². The van der Waals surface area contributed by atoms with Crippen LogP contribution < -0.4 is 30.9 Å². The summed E-state index contributed by atoms with van der Waals surface area (Å²) in [5.41, 5.74) is 5.85. The maximum Gasteiger partial charge on any atom is 0.329 e. The number of imidazole rings is 1. The first-order valence-electron chi connectivity index (χ1n) is 19.7. The molecule has 0 aliphatic carbocycles. The Balaban J connectivity index is 0.920. The van der Waals surface area contributed by atoms with Gasteiger partial charge in [0.1, 0.15) is 17.5 Å². The highest BCUT2D eigenvalue weighted by atomic mass is 19.3. The highest BCUT2D eigenvalue weighted by Gasteiger charge is 2.52. The molecule has 15 heteroatoms. The maximum absolute atomic E-state index is 16.1. The number of rotatable bonds is 8. The van der Waals surface area contributed by atoms with Crippen LogP contribution in [-0.2, 0) is 30.2 Å². The second-order valence-electron chi connectivity index (χ2n) is 16.6. The first-order valence-corrected chi connectivity index (χ1v) is 19.7. The maximum atomic E-state index is 16.1. The van der Waals surface area contributed by atoms with Crippen molar-refractivity contribution in [1.82, 2.24) is 28.8 Å². The molecule has 1 spiro atoms. The molecular weight excluding hydrogens is 737 g/mol. The molecule has 1 N–H and O–H groups in total. The molecule has 0 radical (unpaired) electrons. The lowest BCUT2D eigenvalue weighted by atomic mass is 9.71. The second-order valence-corrected chi connectivity index (χ2v) is 16.6. The van der Waals surface area contributed by atoms with E-state index < -0.39 is 23.9 Å². The van der Waals surface area contributed by atoms with Gasteiger partial charge in [-0.3, -0.25) is 38.6 Å². The van der Waals surface area contributed by atoms with E-state index in [0.717, 1.165) is 53.8 Å². The molecule has 2 unspecified atom stereocenters. The fourth-order valence-electron chi connectivity index (χ4n) is 9.83. The number of imide groups is 1. The Morgan fingerprint density at radius 2 is 1.58 bits per heavy atom. The summed E-state index contributed by atoms with van der Waals surface area (Å²) in [4.78, 5) is 56.5. The predicted molar refractivity (Wildman–Crippen MR) is 212 cm³/mol. The second kappa shape index (κ2) is 14.4. The smallest absolute Gasteiger partial charge is 0.329 e. The predicted octanol–water partition coefficient (Wildman–Crippen LogP) is 4.13. The number of amides is 2. The monoisotopic (exact) mass is 787 g/mol. The van der Waals surface area contributed by atoms with E-state index >= 15 is 8.78 Å². The summed E-state index contributed by atoms with van der Waals surface area (Å²) in [6, 6.07) is 7.89. The topological polar surface area (TPSA) is 123 Å². The van der Waals surface area contributed by atoms with Gasteiger partial charge in [-0.15, -0.1) is 0 Å². The third-order valence-electron chi connectivity index (χ3n) is 13.2. The number of ether oxygens (including phenoxy) is 2. The van der Waals surface area contributed by atoms with E-state index in [4.69, 9.17) is 9.47 Å². The zero-order valence-corrected chi connectivity index (χ0v) is 33.5. The molecule has 57 heavy (non-hydrogen) atoms. The van der Waals surface area contributed by atoms with Crippen LogP contribution in [0.25, 0.3) is 22.2 Å². The Bertz CT molecular complexity index is 2360. The molecule has 8 rings (SSSR count). The summed E-state index contributed by atoms with van der Waals surface area (Å²) in [5.74, 6) is -2.63. The van der Waals surface area contributed by atoms with Gasteiger partial charge in [-0.05, 0) is 88.0 Å². The summed E-state index contributed by atoms with van der Waals surface area (Å²) in [6.07, 6.45) is 4.20. The van der Waals surface area contributed by atoms with E-state index in [1.807, 2.05) is 42.2 Å². The van der Waals surface area contributed by atoms with E-state index in [2.05, 4.69) is 10.2 Å². The van der Waals surface area contributed by atoms with Crippen molar-refractivity contribution in [2.24, 2.45) is 19.5 Å². The molecule has 4 aliphatic heterocycles. The Morgan fingerprint density at radius 3 is 2.21 bits per heavy atom. The van der Waals surface area contributed by atoms with Crippen molar-refractivity contribution in [2.45, 2.75) is 70.5 Å². The van der Waals surface area contributed by atoms with Crippen molar-refractivity contribution in [2.75, 3.05) is 58.4 Å². The van der Waals surface area contributed by atoms with Crippen LogP contribution >= 0.6 is 0 Å². The van der Waals surface area contributed by atoms with E-state index in [-0.39, 0.29) is 48.5 Å². The van der Waals surface area contributed by atoms with Crippen molar-refractivity contribution in [3.05, 3.63) is 74.1 Å². The lowest BCUT2D eigenvalue weighted by molar-refractivity contribution is -0.138. The fourth-order valence-corrected chi connectivity index (χ4v) is 9.83. The lowest BCUT2D eigenvalue weighted by Gasteiger charge is -2.56. The first-order chi connectivity index (χ1) is 27.1. The van der Waals surface area contributed by atoms with Gasteiger partial charge in [-0.25, -0.2) is 13.6 Å². The minimum absolute atomic E-state index is 0.00458. The number of piperidine rings is 3. The third-order valence-corrected chi connectivity index (χ3v) is 13.2. The Morgan fingerprint density at radius 1 is 0.895 bits per heavy atom. The van der Waals surface area contributed by atoms with Gasteiger partial charge in [0.05, 0.1) is 49.1 Å². The van der Waals surface area contributed by atoms with Gasteiger partial charge in [0.2, 0.25) is 11.8 Å². The molecule has 2 atom stereocenters. The Labute approximate surface area is 329 Å². The number of aromatic nitrogens is 3. The van der Waals surface area contributed by atoms with Crippen LogP contribution in [0.5, 0.6) is 11.5 Å². The number of aryl methyl sites for hydroxylation is 2. The van der Waals surface area contributed by atoms with Crippen LogP contribution in [0.15, 0.2) is 46.1 Å². The SMILES string of the molecule is COc1cc(-c2cn(C)c(=O)c(C)c2C)cc(OC)c1CN1CCC(N2CCC3(CC2)CN(c2cccc4c2n(C)c(=O)n4C2CCC(=O)NC2=O)C3)C(F)(F)C1. The van der Waals surface area contributed by atoms with Gasteiger partial charge in [0.25, 0.3) is 11.5 Å². The van der Waals surface area contributed by atoms with Crippen LogP contribution in [0, 0.1) is 19.3 Å². The fraction of sp³-hybridized carbons (Fsp3) is 0.524. The number of alkyl halides is 2. The number of likely N-dealkylation sites (tertiary alicyclic amines) is 2. The zero-order valence-electron chi connectivity index (χ0n) is 33.5. The summed E-state index contributed by atoms with van der Waals surface area (Å²) in [7, 11) is 6.55. The number of nitrogens with one attached hydrogen (secondary N) is 1. The molecule has 304 valence electrons. The molecule has 0 saturated carbocycles. The number of hydrogen-bond acceptors (Lipinski definition) is 9. The molecule has 2 aromatic heterocycles. The van der Waals surface area contributed by atoms with Crippen LogP contribution in [0.4, 0.5) is 14.5 Å². The van der Waals surface area contributed by atoms with Crippen LogP contribution in [0.1, 0.15) is 54.8 Å². The quantitative estimate of drug-likeness (QED) is 0.263. The Hall–Kier alpha value is -5.02. The van der Waals surface area contributed by atoms with Crippen molar-refractivity contribution in [1.29, 1.82) is 0 Å².